The number of halogens is 2. The first-order chi connectivity index (χ1) is 6.60. The molecule has 72 valence electrons. The number of benzene rings is 1. The van der Waals surface area contributed by atoms with E-state index in [0.717, 1.165) is 0 Å². The largest absolute Gasteiger partial charge is 0.478 e. The molecule has 5 heteroatoms. The zero-order valence-electron chi connectivity index (χ0n) is 6.92. The van der Waals surface area contributed by atoms with Crippen molar-refractivity contribution < 1.29 is 9.90 Å². The van der Waals surface area contributed by atoms with Gasteiger partial charge in [0.05, 0.1) is 16.1 Å². The minimum Gasteiger partial charge on any atom is -0.478 e. The molecule has 0 unspecified atom stereocenters. The molecule has 0 aromatic heterocycles. The quantitative estimate of drug-likeness (QED) is 0.844. The van der Waals surface area contributed by atoms with Crippen molar-refractivity contribution in [2.75, 3.05) is 0 Å². The third kappa shape index (κ3) is 2.06. The monoisotopic (exact) mass is 273 g/mol. The van der Waals surface area contributed by atoms with Gasteiger partial charge in [0.25, 0.3) is 0 Å². The van der Waals surface area contributed by atoms with Crippen molar-refractivity contribution in [3.05, 3.63) is 33.8 Å². The molecule has 3 nitrogen and oxygen atoms in total. The van der Waals surface area contributed by atoms with Crippen LogP contribution in [0.1, 0.15) is 21.5 Å². The topological polar surface area (TPSA) is 61.1 Å². The fourth-order valence-electron chi connectivity index (χ4n) is 1.02. The predicted molar refractivity (Wildman–Crippen MR) is 55.8 cm³/mol. The van der Waals surface area contributed by atoms with Crippen LogP contribution >= 0.6 is 27.5 Å². The van der Waals surface area contributed by atoms with Crippen LogP contribution in [-0.4, -0.2) is 11.1 Å². The lowest BCUT2D eigenvalue weighted by Crippen LogP contribution is -1.99. The van der Waals surface area contributed by atoms with Crippen LogP contribution in [0.15, 0.2) is 12.1 Å². The van der Waals surface area contributed by atoms with Crippen molar-refractivity contribution in [2.45, 2.75) is 5.33 Å². The number of nitrogens with zero attached hydrogens (tertiary/aromatic N) is 1. The van der Waals surface area contributed by atoms with Crippen LogP contribution in [-0.2, 0) is 5.33 Å². The Labute approximate surface area is 94.0 Å². The number of rotatable bonds is 2. The summed E-state index contributed by atoms with van der Waals surface area (Å²) in [6.07, 6.45) is 0. The molecule has 14 heavy (non-hydrogen) atoms. The molecular weight excluding hydrogens is 269 g/mol. The summed E-state index contributed by atoms with van der Waals surface area (Å²) < 4.78 is 0. The predicted octanol–water partition coefficient (Wildman–Crippen LogP) is 2.80. The highest BCUT2D eigenvalue weighted by Crippen LogP contribution is 2.23. The Morgan fingerprint density at radius 2 is 2.29 bits per heavy atom. The summed E-state index contributed by atoms with van der Waals surface area (Å²) in [6.45, 7) is 0. The third-order valence-corrected chi connectivity index (χ3v) is 2.58. The van der Waals surface area contributed by atoms with E-state index in [-0.39, 0.29) is 10.6 Å². The third-order valence-electron chi connectivity index (χ3n) is 1.67. The van der Waals surface area contributed by atoms with E-state index in [4.69, 9.17) is 22.0 Å². The number of carbonyl (C=O) groups is 1. The standard InChI is InChI=1S/C9H5BrClNO2/c10-3-6-1-5(9(13)14)2-8(11)7(6)4-12/h1-2H,3H2,(H,13,14). The molecule has 1 aromatic rings. The molecule has 0 saturated carbocycles. The lowest BCUT2D eigenvalue weighted by atomic mass is 10.1. The van der Waals surface area contributed by atoms with Crippen LogP contribution in [0.2, 0.25) is 5.02 Å². The molecule has 0 fully saturated rings. The minimum absolute atomic E-state index is 0.0865. The molecule has 0 heterocycles. The molecule has 0 radical (unpaired) electrons. The van der Waals surface area contributed by atoms with Crippen molar-refractivity contribution in [1.29, 1.82) is 5.26 Å². The Morgan fingerprint density at radius 3 is 2.71 bits per heavy atom. The molecule has 0 aliphatic rings. The number of nitriles is 1. The van der Waals surface area contributed by atoms with Gasteiger partial charge < -0.3 is 5.11 Å². The summed E-state index contributed by atoms with van der Waals surface area (Å²) in [5.41, 5.74) is 0.981. The molecule has 0 aliphatic heterocycles. The van der Waals surface area contributed by atoms with Crippen LogP contribution in [0, 0.1) is 11.3 Å². The van der Waals surface area contributed by atoms with Gasteiger partial charge in [0.2, 0.25) is 0 Å². The van der Waals surface area contributed by atoms with E-state index >= 15 is 0 Å². The molecule has 1 N–H and O–H groups in total. The van der Waals surface area contributed by atoms with Gasteiger partial charge in [-0.05, 0) is 17.7 Å². The van der Waals surface area contributed by atoms with Gasteiger partial charge in [-0.3, -0.25) is 0 Å². The normalized spacial score (nSPS) is 9.50. The first kappa shape index (κ1) is 11.0. The minimum atomic E-state index is -1.06. The van der Waals surface area contributed by atoms with Gasteiger partial charge in [0, 0.05) is 5.33 Å². The highest BCUT2D eigenvalue weighted by atomic mass is 79.9. The van der Waals surface area contributed by atoms with Gasteiger partial charge in [-0.2, -0.15) is 5.26 Å². The summed E-state index contributed by atoms with van der Waals surface area (Å²) in [5, 5.41) is 18.1. The van der Waals surface area contributed by atoms with Crippen molar-refractivity contribution >= 4 is 33.5 Å². The first-order valence-electron chi connectivity index (χ1n) is 3.62. The van der Waals surface area contributed by atoms with Crippen molar-refractivity contribution in [1.82, 2.24) is 0 Å². The summed E-state index contributed by atoms with van der Waals surface area (Å²) >= 11 is 8.91. The molecule has 0 atom stereocenters. The number of hydrogen-bond acceptors (Lipinski definition) is 2. The molecule has 0 spiro atoms. The van der Waals surface area contributed by atoms with Crippen molar-refractivity contribution in [3.8, 4) is 6.07 Å². The number of carboxylic acids is 1. The van der Waals surface area contributed by atoms with Gasteiger partial charge in [0.1, 0.15) is 6.07 Å². The Morgan fingerprint density at radius 1 is 1.64 bits per heavy atom. The van der Waals surface area contributed by atoms with Gasteiger partial charge in [-0.25, -0.2) is 4.79 Å². The number of hydrogen-bond donors (Lipinski definition) is 1. The maximum absolute atomic E-state index is 10.7. The molecule has 1 rings (SSSR count). The van der Waals surface area contributed by atoms with Crippen molar-refractivity contribution in [2.24, 2.45) is 0 Å². The second-order valence-corrected chi connectivity index (χ2v) is 3.51. The van der Waals surface area contributed by atoms with E-state index in [1.165, 1.54) is 12.1 Å². The highest BCUT2D eigenvalue weighted by Gasteiger charge is 2.11. The second kappa shape index (κ2) is 4.45. The van der Waals surface area contributed by atoms with Crippen LogP contribution < -0.4 is 0 Å². The molecule has 0 saturated heterocycles. The molecule has 0 aliphatic carbocycles. The number of alkyl halides is 1. The second-order valence-electron chi connectivity index (χ2n) is 2.54. The van der Waals surface area contributed by atoms with Gasteiger partial charge >= 0.3 is 5.97 Å². The summed E-state index contributed by atoms with van der Waals surface area (Å²) in [4.78, 5) is 10.7. The van der Waals surface area contributed by atoms with E-state index in [1.807, 2.05) is 6.07 Å². The summed E-state index contributed by atoms with van der Waals surface area (Å²) in [6, 6.07) is 4.63. The Balaban J connectivity index is 3.40. The van der Waals surface area contributed by atoms with Gasteiger partial charge in [-0.1, -0.05) is 27.5 Å². The van der Waals surface area contributed by atoms with Crippen LogP contribution in [0.3, 0.4) is 0 Å². The van der Waals surface area contributed by atoms with Crippen molar-refractivity contribution in [3.63, 3.8) is 0 Å². The van der Waals surface area contributed by atoms with E-state index in [9.17, 15) is 4.79 Å². The average Bonchev–Trinajstić information content (AvgIpc) is 2.16. The van der Waals surface area contributed by atoms with E-state index in [0.29, 0.717) is 16.5 Å². The van der Waals surface area contributed by atoms with Crippen LogP contribution in [0.4, 0.5) is 0 Å². The lowest BCUT2D eigenvalue weighted by molar-refractivity contribution is 0.0697. The van der Waals surface area contributed by atoms with Crippen LogP contribution in [0.25, 0.3) is 0 Å². The number of aromatic carboxylic acids is 1. The maximum atomic E-state index is 10.7. The average molecular weight is 275 g/mol. The smallest absolute Gasteiger partial charge is 0.335 e. The van der Waals surface area contributed by atoms with E-state index in [1.54, 1.807) is 0 Å². The first-order valence-corrected chi connectivity index (χ1v) is 5.12. The Kier molecular flexibility index (Phi) is 3.50. The fraction of sp³-hybridized carbons (Fsp3) is 0.111. The lowest BCUT2D eigenvalue weighted by Gasteiger charge is -2.03. The summed E-state index contributed by atoms with van der Waals surface area (Å²) in [7, 11) is 0. The summed E-state index contributed by atoms with van der Waals surface area (Å²) in [5.74, 6) is -1.06. The molecule has 0 bridgehead atoms. The molecule has 1 aromatic carbocycles. The van der Waals surface area contributed by atoms with Gasteiger partial charge in [-0.15, -0.1) is 0 Å². The Bertz CT molecular complexity index is 426. The zero-order chi connectivity index (χ0) is 10.7. The highest BCUT2D eigenvalue weighted by molar-refractivity contribution is 9.08. The number of carboxylic acid groups (broad SMARTS) is 1. The Hall–Kier alpha value is -1.05. The van der Waals surface area contributed by atoms with E-state index < -0.39 is 5.97 Å². The maximum Gasteiger partial charge on any atom is 0.335 e. The molecular formula is C9H5BrClNO2. The van der Waals surface area contributed by atoms with Crippen LogP contribution in [0.5, 0.6) is 0 Å². The SMILES string of the molecule is N#Cc1c(Cl)cc(C(=O)O)cc1CBr. The van der Waals surface area contributed by atoms with E-state index in [2.05, 4.69) is 15.9 Å². The van der Waals surface area contributed by atoms with Gasteiger partial charge in [0.15, 0.2) is 0 Å². The molecule has 0 amide bonds. The zero-order valence-corrected chi connectivity index (χ0v) is 9.26. The fourth-order valence-corrected chi connectivity index (χ4v) is 1.74.